The second kappa shape index (κ2) is 16.1. The van der Waals surface area contributed by atoms with Crippen LogP contribution < -0.4 is 0 Å². The van der Waals surface area contributed by atoms with Gasteiger partial charge in [0.2, 0.25) is 0 Å². The van der Waals surface area contributed by atoms with Crippen molar-refractivity contribution in [3.05, 3.63) is 116 Å². The lowest BCUT2D eigenvalue weighted by Crippen LogP contribution is -2.13. The second-order valence-electron chi connectivity index (χ2n) is 15.7. The van der Waals surface area contributed by atoms with Crippen LogP contribution in [0.5, 0.6) is 0 Å². The van der Waals surface area contributed by atoms with Gasteiger partial charge in [0.25, 0.3) is 0 Å². The number of hydrogen-bond donors (Lipinski definition) is 0. The molecule has 2 unspecified atom stereocenters. The van der Waals surface area contributed by atoms with E-state index in [1.165, 1.54) is 156 Å². The maximum absolute atomic E-state index is 3.79. The summed E-state index contributed by atoms with van der Waals surface area (Å²) in [5.74, 6) is 1.26. The Morgan fingerprint density at radius 1 is 0.519 bits per heavy atom. The third kappa shape index (κ3) is 7.00. The summed E-state index contributed by atoms with van der Waals surface area (Å²) in [4.78, 5) is 0. The lowest BCUT2D eigenvalue weighted by molar-refractivity contribution is 0.476. The van der Waals surface area contributed by atoms with E-state index in [0.29, 0.717) is 11.8 Å². The van der Waals surface area contributed by atoms with E-state index in [1.54, 1.807) is 22.5 Å². The van der Waals surface area contributed by atoms with Gasteiger partial charge in [-0.05, 0) is 146 Å². The molecule has 0 saturated carbocycles. The first-order valence-electron chi connectivity index (χ1n) is 20.4. The van der Waals surface area contributed by atoms with Gasteiger partial charge in [-0.25, -0.2) is 0 Å². The van der Waals surface area contributed by atoms with E-state index in [1.807, 2.05) is 0 Å². The van der Waals surface area contributed by atoms with Gasteiger partial charge in [-0.15, -0.1) is 0 Å². The molecule has 0 spiro atoms. The van der Waals surface area contributed by atoms with Gasteiger partial charge in [0.15, 0.2) is 0 Å². The van der Waals surface area contributed by atoms with Crippen molar-refractivity contribution in [1.29, 1.82) is 0 Å². The van der Waals surface area contributed by atoms with Gasteiger partial charge < -0.3 is 9.13 Å². The molecule has 2 nitrogen and oxygen atoms in total. The summed E-state index contributed by atoms with van der Waals surface area (Å²) in [5.41, 5.74) is 14.1. The van der Waals surface area contributed by atoms with Crippen LogP contribution in [-0.4, -0.2) is 9.13 Å². The van der Waals surface area contributed by atoms with E-state index < -0.39 is 0 Å². The number of aromatic nitrogens is 2. The van der Waals surface area contributed by atoms with Crippen molar-refractivity contribution in [2.75, 3.05) is 0 Å². The number of rotatable bonds is 13. The fraction of sp³-hybridized carbons (Fsp3) is 0.417. The van der Waals surface area contributed by atoms with Crippen molar-refractivity contribution < 1.29 is 0 Å². The van der Waals surface area contributed by atoms with E-state index in [4.69, 9.17) is 0 Å². The molecule has 4 aromatic carbocycles. The molecule has 2 aromatic heterocycles. The molecule has 52 heavy (non-hydrogen) atoms. The molecule has 0 amide bonds. The average molecular weight is 819 g/mol. The Balaban J connectivity index is 1.12. The predicted molar refractivity (Wildman–Crippen MR) is 230 cm³/mol. The molecular formula is C48H54Br2N2. The van der Waals surface area contributed by atoms with Gasteiger partial charge in [0.1, 0.15) is 0 Å². The maximum atomic E-state index is 3.79. The highest BCUT2D eigenvalue weighted by atomic mass is 79.9. The molecule has 0 radical (unpaired) electrons. The first kappa shape index (κ1) is 35.9. The summed E-state index contributed by atoms with van der Waals surface area (Å²) in [5, 5.41) is 2.86. The summed E-state index contributed by atoms with van der Waals surface area (Å²) in [6, 6.07) is 32.7. The Hall–Kier alpha value is -3.08. The van der Waals surface area contributed by atoms with Gasteiger partial charge in [0.05, 0.1) is 11.0 Å². The number of fused-ring (bicyclic) bond motifs is 6. The zero-order valence-electron chi connectivity index (χ0n) is 31.2. The van der Waals surface area contributed by atoms with Crippen molar-refractivity contribution in [2.24, 2.45) is 0 Å². The largest absolute Gasteiger partial charge is 0.313 e. The lowest BCUT2D eigenvalue weighted by Gasteiger charge is -2.26. The van der Waals surface area contributed by atoms with Crippen molar-refractivity contribution in [3.63, 3.8) is 0 Å². The first-order chi connectivity index (χ1) is 25.6. The van der Waals surface area contributed by atoms with Crippen molar-refractivity contribution in [2.45, 2.75) is 128 Å². The standard InChI is InChI=1S/C48H54Br2N2/c1-3-5-7-9-13-35-15-11-17-41-43-31-37(49)23-29-45(43)51(47(35)41)39-25-19-33(20-26-39)34-21-27-40(28-22-34)52-46-30-24-38(50)32-44(46)42-18-12-16-36(48(42)52)14-10-8-6-4-2/h19-32,35-36H,3-18H2,1-2H3. The number of unbranched alkanes of at least 4 members (excludes halogenated alkanes) is 6. The molecule has 8 rings (SSSR count). The third-order valence-corrected chi connectivity index (χ3v) is 13.3. The monoisotopic (exact) mass is 816 g/mol. The molecule has 0 bridgehead atoms. The van der Waals surface area contributed by atoms with Crippen molar-refractivity contribution in [3.8, 4) is 22.5 Å². The number of benzene rings is 4. The highest BCUT2D eigenvalue weighted by Crippen LogP contribution is 2.45. The summed E-state index contributed by atoms with van der Waals surface area (Å²) < 4.78 is 7.58. The van der Waals surface area contributed by atoms with Crippen LogP contribution in [0.15, 0.2) is 93.9 Å². The maximum Gasteiger partial charge on any atom is 0.0535 e. The molecule has 2 aliphatic carbocycles. The molecule has 270 valence electrons. The smallest absolute Gasteiger partial charge is 0.0535 e. The quantitative estimate of drug-likeness (QED) is 0.103. The highest BCUT2D eigenvalue weighted by molar-refractivity contribution is 9.10. The molecule has 0 saturated heterocycles. The Morgan fingerprint density at radius 2 is 0.942 bits per heavy atom. The van der Waals surface area contributed by atoms with Gasteiger partial charge in [0, 0.05) is 42.5 Å². The zero-order valence-corrected chi connectivity index (χ0v) is 34.4. The number of halogens is 2. The summed E-state index contributed by atoms with van der Waals surface area (Å²) in [7, 11) is 0. The van der Waals surface area contributed by atoms with Gasteiger partial charge in [-0.3, -0.25) is 0 Å². The van der Waals surface area contributed by atoms with E-state index >= 15 is 0 Å². The third-order valence-electron chi connectivity index (χ3n) is 12.3. The van der Waals surface area contributed by atoms with Crippen LogP contribution in [-0.2, 0) is 12.8 Å². The lowest BCUT2D eigenvalue weighted by atomic mass is 9.83. The van der Waals surface area contributed by atoms with Crippen LogP contribution in [0.4, 0.5) is 0 Å². The normalized spacial score (nSPS) is 17.2. The van der Waals surface area contributed by atoms with Crippen LogP contribution in [0.2, 0.25) is 0 Å². The second-order valence-corrected chi connectivity index (χ2v) is 17.5. The molecule has 2 aliphatic rings. The fourth-order valence-corrected chi connectivity index (χ4v) is 10.5. The van der Waals surface area contributed by atoms with E-state index in [-0.39, 0.29) is 0 Å². The van der Waals surface area contributed by atoms with E-state index in [9.17, 15) is 0 Å². The van der Waals surface area contributed by atoms with Crippen LogP contribution in [0.25, 0.3) is 44.3 Å². The summed E-state index contributed by atoms with van der Waals surface area (Å²) in [6.45, 7) is 4.63. The number of aryl methyl sites for hydroxylation is 2. The molecule has 2 atom stereocenters. The van der Waals surface area contributed by atoms with E-state index in [2.05, 4.69) is 140 Å². The topological polar surface area (TPSA) is 9.86 Å². The van der Waals surface area contributed by atoms with Crippen LogP contribution in [0.3, 0.4) is 0 Å². The van der Waals surface area contributed by atoms with E-state index in [0.717, 1.165) is 0 Å². The van der Waals surface area contributed by atoms with Crippen LogP contribution in [0.1, 0.15) is 138 Å². The zero-order chi connectivity index (χ0) is 35.6. The molecule has 0 N–H and O–H groups in total. The fourth-order valence-electron chi connectivity index (χ4n) is 9.76. The molecule has 2 heterocycles. The molecular weight excluding hydrogens is 764 g/mol. The average Bonchev–Trinajstić information content (AvgIpc) is 3.68. The van der Waals surface area contributed by atoms with Crippen LogP contribution in [0, 0.1) is 0 Å². The summed E-state index contributed by atoms with van der Waals surface area (Å²) in [6.07, 6.45) is 20.8. The predicted octanol–water partition coefficient (Wildman–Crippen LogP) is 15.5. The first-order valence-corrected chi connectivity index (χ1v) is 22.0. The SMILES string of the molecule is CCCCCCC1CCCc2c1n(-c1ccc(-c3ccc(-n4c5c(c6cc(Br)ccc64)CCCC5CCCCCC)cc3)cc1)c1ccc(Br)cc21. The number of hydrogen-bond acceptors (Lipinski definition) is 0. The highest BCUT2D eigenvalue weighted by Gasteiger charge is 2.30. The molecule has 6 aromatic rings. The molecule has 4 heteroatoms. The Morgan fingerprint density at radius 3 is 1.35 bits per heavy atom. The minimum Gasteiger partial charge on any atom is -0.313 e. The van der Waals surface area contributed by atoms with Gasteiger partial charge >= 0.3 is 0 Å². The number of nitrogens with zero attached hydrogens (tertiary/aromatic N) is 2. The Labute approximate surface area is 328 Å². The van der Waals surface area contributed by atoms with Crippen LogP contribution >= 0.6 is 31.9 Å². The van der Waals surface area contributed by atoms with Crippen molar-refractivity contribution in [1.82, 2.24) is 9.13 Å². The minimum atomic E-state index is 0.631. The molecule has 0 aliphatic heterocycles. The molecule has 0 fully saturated rings. The Bertz CT molecular complexity index is 1990. The van der Waals surface area contributed by atoms with Crippen molar-refractivity contribution >= 4 is 53.7 Å². The Kier molecular flexibility index (Phi) is 11.1. The van der Waals surface area contributed by atoms with Gasteiger partial charge in [-0.2, -0.15) is 0 Å². The minimum absolute atomic E-state index is 0.631. The van der Waals surface area contributed by atoms with Gasteiger partial charge in [-0.1, -0.05) is 121 Å². The summed E-state index contributed by atoms with van der Waals surface area (Å²) >= 11 is 7.58.